The summed E-state index contributed by atoms with van der Waals surface area (Å²) in [4.78, 5) is 58.6. The van der Waals surface area contributed by atoms with E-state index in [1.807, 2.05) is 17.9 Å². The molecule has 3 aromatic rings. The first-order valence-corrected chi connectivity index (χ1v) is 15.8. The van der Waals surface area contributed by atoms with Gasteiger partial charge in [-0.3, -0.25) is 23.9 Å². The minimum absolute atomic E-state index is 0.0887. The van der Waals surface area contributed by atoms with Gasteiger partial charge in [0, 0.05) is 76.1 Å². The predicted molar refractivity (Wildman–Crippen MR) is 184 cm³/mol. The quantitative estimate of drug-likeness (QED) is 0.302. The molecule has 1 atom stereocenters. The monoisotopic (exact) mass is 656 g/mol. The number of benzene rings is 2. The topological polar surface area (TPSA) is 118 Å². The fourth-order valence-corrected chi connectivity index (χ4v) is 6.58. The lowest BCUT2D eigenvalue weighted by molar-refractivity contribution is -0.130. The average Bonchev–Trinajstić information content (AvgIpc) is 3.46. The maximum atomic E-state index is 16.0. The molecule has 48 heavy (non-hydrogen) atoms. The van der Waals surface area contributed by atoms with E-state index in [1.54, 1.807) is 38.3 Å². The van der Waals surface area contributed by atoms with Gasteiger partial charge in [0.1, 0.15) is 5.56 Å². The van der Waals surface area contributed by atoms with Crippen molar-refractivity contribution in [2.45, 2.75) is 39.7 Å². The molecule has 12 heteroatoms. The Bertz CT molecular complexity index is 1980. The second-order valence-electron chi connectivity index (χ2n) is 12.3. The maximum absolute atomic E-state index is 16.0. The van der Waals surface area contributed by atoms with Crippen LogP contribution in [0, 0.1) is 12.7 Å². The number of aryl methyl sites for hydroxylation is 1. The molecule has 2 heterocycles. The Morgan fingerprint density at radius 1 is 1.00 bits per heavy atom. The molecule has 5 rings (SSSR count). The molecule has 2 amide bonds. The van der Waals surface area contributed by atoms with Crippen LogP contribution < -0.4 is 16.6 Å². The standard InChI is InChI=1S/C36H41FN6O5/c1-21-14-15-30(43-18-16-42(17-19-43)24(4)44)31(21)34(48-7)38-23(3)25-10-8-11-26(22(25)2)27-12-9-13-29(32(27)37)39-33(45)28-20-40(5)36(47)41(6)35(28)46/h8-13,20,30H,3,14-19H2,1-2,4-7H3,(H,39,45). The number of nitrogens with one attached hydrogen (secondary N) is 1. The molecular formula is C36H41FN6O5. The van der Waals surface area contributed by atoms with E-state index in [0.29, 0.717) is 35.8 Å². The first-order chi connectivity index (χ1) is 22.8. The second kappa shape index (κ2) is 13.9. The molecule has 2 aliphatic rings. The van der Waals surface area contributed by atoms with E-state index in [4.69, 9.17) is 9.73 Å². The molecule has 0 saturated carbocycles. The van der Waals surface area contributed by atoms with E-state index in [2.05, 4.69) is 23.7 Å². The van der Waals surface area contributed by atoms with Gasteiger partial charge < -0.3 is 19.5 Å². The van der Waals surface area contributed by atoms with Crippen LogP contribution in [0.1, 0.15) is 48.2 Å². The molecule has 0 radical (unpaired) electrons. The first-order valence-electron chi connectivity index (χ1n) is 15.8. The molecule has 1 aromatic heterocycles. The van der Waals surface area contributed by atoms with Crippen LogP contribution in [0.2, 0.25) is 0 Å². The number of rotatable bonds is 7. The third-order valence-corrected chi connectivity index (χ3v) is 9.32. The van der Waals surface area contributed by atoms with Gasteiger partial charge in [-0.25, -0.2) is 14.2 Å². The van der Waals surface area contributed by atoms with E-state index < -0.39 is 23.0 Å². The third-order valence-electron chi connectivity index (χ3n) is 9.32. The van der Waals surface area contributed by atoms with Gasteiger partial charge in [-0.05, 0) is 43.9 Å². The number of amides is 2. The summed E-state index contributed by atoms with van der Waals surface area (Å²) in [5.74, 6) is -0.943. The zero-order valence-corrected chi connectivity index (χ0v) is 28.2. The van der Waals surface area contributed by atoms with Crippen LogP contribution in [-0.4, -0.2) is 76.0 Å². The van der Waals surface area contributed by atoms with Gasteiger partial charge in [0.25, 0.3) is 11.5 Å². The lowest BCUT2D eigenvalue weighted by Gasteiger charge is -2.38. The second-order valence-corrected chi connectivity index (χ2v) is 12.3. The number of nitrogens with zero attached hydrogens (tertiary/aromatic N) is 5. The van der Waals surface area contributed by atoms with Gasteiger partial charge in [-0.1, -0.05) is 42.5 Å². The predicted octanol–water partition coefficient (Wildman–Crippen LogP) is 4.11. The van der Waals surface area contributed by atoms with Gasteiger partial charge in [0.05, 0.1) is 18.5 Å². The van der Waals surface area contributed by atoms with Crippen LogP contribution in [-0.2, 0) is 23.6 Å². The zero-order chi connectivity index (χ0) is 34.9. The summed E-state index contributed by atoms with van der Waals surface area (Å²) in [6.07, 6.45) is 2.99. The number of hydrogen-bond acceptors (Lipinski definition) is 7. The molecule has 2 aromatic carbocycles. The highest BCUT2D eigenvalue weighted by Gasteiger charge is 2.34. The largest absolute Gasteiger partial charge is 0.481 e. The Labute approximate surface area is 278 Å². The van der Waals surface area contributed by atoms with Crippen LogP contribution in [0.5, 0.6) is 0 Å². The van der Waals surface area contributed by atoms with Crippen molar-refractivity contribution >= 4 is 29.1 Å². The van der Waals surface area contributed by atoms with Crippen molar-refractivity contribution in [2.24, 2.45) is 19.1 Å². The molecular weight excluding hydrogens is 615 g/mol. The Morgan fingerprint density at radius 3 is 2.33 bits per heavy atom. The van der Waals surface area contributed by atoms with Gasteiger partial charge in [0.2, 0.25) is 11.8 Å². The molecule has 1 saturated heterocycles. The van der Waals surface area contributed by atoms with Crippen LogP contribution in [0.15, 0.2) is 74.9 Å². The van der Waals surface area contributed by atoms with Crippen LogP contribution in [0.25, 0.3) is 16.8 Å². The Kier molecular flexibility index (Phi) is 9.95. The molecule has 1 aliphatic carbocycles. The van der Waals surface area contributed by atoms with E-state index in [1.165, 1.54) is 25.7 Å². The molecule has 1 N–H and O–H groups in total. The molecule has 1 aliphatic heterocycles. The van der Waals surface area contributed by atoms with Crippen molar-refractivity contribution in [3.05, 3.63) is 104 Å². The number of anilines is 1. The zero-order valence-electron chi connectivity index (χ0n) is 28.2. The van der Waals surface area contributed by atoms with Crippen molar-refractivity contribution in [3.8, 4) is 11.1 Å². The molecule has 1 fully saturated rings. The Morgan fingerprint density at radius 2 is 1.67 bits per heavy atom. The number of aromatic nitrogens is 2. The number of allylic oxidation sites excluding steroid dienone is 1. The van der Waals surface area contributed by atoms with E-state index in [0.717, 1.165) is 52.4 Å². The van der Waals surface area contributed by atoms with Crippen molar-refractivity contribution in [1.29, 1.82) is 0 Å². The summed E-state index contributed by atoms with van der Waals surface area (Å²) >= 11 is 0. The number of ether oxygens (including phenoxy) is 1. The summed E-state index contributed by atoms with van der Waals surface area (Å²) in [6.45, 7) is 12.7. The summed E-state index contributed by atoms with van der Waals surface area (Å²) in [6, 6.07) is 10.2. The Hall–Kier alpha value is -5.10. The fraction of sp³-hybridized carbons (Fsp3) is 0.361. The van der Waals surface area contributed by atoms with Crippen molar-refractivity contribution < 1.29 is 18.7 Å². The highest BCUT2D eigenvalue weighted by atomic mass is 19.1. The molecule has 11 nitrogen and oxygen atoms in total. The van der Waals surface area contributed by atoms with Crippen LogP contribution >= 0.6 is 0 Å². The highest BCUT2D eigenvalue weighted by Crippen LogP contribution is 2.36. The third kappa shape index (κ3) is 6.52. The number of piperazine rings is 1. The lowest BCUT2D eigenvalue weighted by Crippen LogP contribution is -2.52. The first kappa shape index (κ1) is 34.2. The normalized spacial score (nSPS) is 17.1. The summed E-state index contributed by atoms with van der Waals surface area (Å²) < 4.78 is 23.8. The highest BCUT2D eigenvalue weighted by molar-refractivity contribution is 6.04. The molecule has 0 bridgehead atoms. The SMILES string of the molecule is C=C(N=C(OC)C1=C(C)CCC1N1CCN(C(C)=O)CC1)c1cccc(-c2cccc(NC(=O)c3cn(C)c(=O)n(C)c3=O)c2F)c1C. The van der Waals surface area contributed by atoms with Gasteiger partial charge in [-0.15, -0.1) is 0 Å². The van der Waals surface area contributed by atoms with E-state index in [-0.39, 0.29) is 28.8 Å². The van der Waals surface area contributed by atoms with Gasteiger partial charge in [-0.2, -0.15) is 0 Å². The molecule has 252 valence electrons. The van der Waals surface area contributed by atoms with Crippen molar-refractivity contribution in [1.82, 2.24) is 18.9 Å². The van der Waals surface area contributed by atoms with E-state index >= 15 is 4.39 Å². The summed E-state index contributed by atoms with van der Waals surface area (Å²) in [7, 11) is 4.29. The minimum Gasteiger partial charge on any atom is -0.481 e. The summed E-state index contributed by atoms with van der Waals surface area (Å²) in [5, 5.41) is 2.49. The fourth-order valence-electron chi connectivity index (χ4n) is 6.58. The van der Waals surface area contributed by atoms with Gasteiger partial charge in [0.15, 0.2) is 5.82 Å². The number of carbonyl (C=O) groups is 2. The minimum atomic E-state index is -0.835. The molecule has 1 unspecified atom stereocenters. The van der Waals surface area contributed by atoms with E-state index in [9.17, 15) is 19.2 Å². The van der Waals surface area contributed by atoms with Gasteiger partial charge >= 0.3 is 5.69 Å². The number of methoxy groups -OCH3 is 1. The summed E-state index contributed by atoms with van der Waals surface area (Å²) in [5.41, 5.74) is 3.16. The smallest absolute Gasteiger partial charge is 0.330 e. The van der Waals surface area contributed by atoms with Crippen molar-refractivity contribution in [2.75, 3.05) is 38.6 Å². The Balaban J connectivity index is 1.42. The number of aliphatic imine (C=N–C) groups is 1. The van der Waals surface area contributed by atoms with Crippen LogP contribution in [0.3, 0.4) is 0 Å². The van der Waals surface area contributed by atoms with Crippen LogP contribution in [0.4, 0.5) is 10.1 Å². The van der Waals surface area contributed by atoms with Crippen molar-refractivity contribution in [3.63, 3.8) is 0 Å². The number of halogens is 1. The molecule has 0 spiro atoms. The maximum Gasteiger partial charge on any atom is 0.330 e. The number of hydrogen-bond donors (Lipinski definition) is 1. The number of carbonyl (C=O) groups excluding carboxylic acids is 2. The lowest BCUT2D eigenvalue weighted by atomic mass is 9.94. The average molecular weight is 657 g/mol.